The van der Waals surface area contributed by atoms with Gasteiger partial charge in [0.25, 0.3) is 0 Å². The third-order valence-electron chi connectivity index (χ3n) is 3.85. The molecule has 0 bridgehead atoms. The molecule has 3 rings (SSSR count). The maximum atomic E-state index is 13.0. The molecule has 1 unspecified atom stereocenters. The Morgan fingerprint density at radius 3 is 2.48 bits per heavy atom. The Kier molecular flexibility index (Phi) is 4.68. The second-order valence-electron chi connectivity index (χ2n) is 5.69. The molecule has 25 heavy (non-hydrogen) atoms. The number of carbonyl (C=O) groups is 1. The van der Waals surface area contributed by atoms with Crippen LogP contribution in [-0.4, -0.2) is 30.0 Å². The molecule has 0 saturated heterocycles. The lowest BCUT2D eigenvalue weighted by Crippen LogP contribution is -2.52. The van der Waals surface area contributed by atoms with Crippen molar-refractivity contribution >= 4 is 44.9 Å². The second kappa shape index (κ2) is 6.49. The number of carboxylic acids is 1. The van der Waals surface area contributed by atoms with Gasteiger partial charge in [0.05, 0.1) is 10.7 Å². The van der Waals surface area contributed by atoms with Crippen molar-refractivity contribution < 1.29 is 18.3 Å². The first kappa shape index (κ1) is 18.0. The number of aliphatic carboxylic acids is 1. The predicted molar refractivity (Wildman–Crippen MR) is 95.4 cm³/mol. The fourth-order valence-corrected chi connectivity index (χ4v) is 5.10. The van der Waals surface area contributed by atoms with Crippen LogP contribution in [0.25, 0.3) is 0 Å². The van der Waals surface area contributed by atoms with Crippen molar-refractivity contribution in [2.45, 2.75) is 24.5 Å². The van der Waals surface area contributed by atoms with Gasteiger partial charge < -0.3 is 10.4 Å². The molecule has 1 heterocycles. The van der Waals surface area contributed by atoms with E-state index in [4.69, 9.17) is 23.2 Å². The first-order valence-corrected chi connectivity index (χ1v) is 9.45. The van der Waals surface area contributed by atoms with Gasteiger partial charge in [0, 0.05) is 11.6 Å². The topological polar surface area (TPSA) is 86.7 Å². The number of rotatable bonds is 3. The predicted octanol–water partition coefficient (Wildman–Crippen LogP) is 3.33. The van der Waals surface area contributed by atoms with Crippen LogP contribution in [0.3, 0.4) is 0 Å². The number of sulfonamides is 1. The van der Waals surface area contributed by atoms with Crippen LogP contribution in [0.15, 0.2) is 41.3 Å². The van der Waals surface area contributed by atoms with Gasteiger partial charge in [-0.25, -0.2) is 13.2 Å². The van der Waals surface area contributed by atoms with Crippen LogP contribution in [0.2, 0.25) is 10.0 Å². The second-order valence-corrected chi connectivity index (χ2v) is 8.36. The molecule has 6 nitrogen and oxygen atoms in total. The Hall–Kier alpha value is -1.80. The number of hydrogen-bond donors (Lipinski definition) is 2. The van der Waals surface area contributed by atoms with Gasteiger partial charge in [-0.1, -0.05) is 53.0 Å². The van der Waals surface area contributed by atoms with Gasteiger partial charge in [0.1, 0.15) is 4.90 Å². The third kappa shape index (κ3) is 3.32. The lowest BCUT2D eigenvalue weighted by Gasteiger charge is -2.35. The molecule has 0 spiro atoms. The first-order chi connectivity index (χ1) is 11.7. The SMILES string of the molecule is Cc1ccc(CN2C(C(=O)O)Nc3cc(Cl)cc(Cl)c3S2(=O)=O)cc1. The van der Waals surface area contributed by atoms with Crippen LogP contribution in [0.4, 0.5) is 5.69 Å². The summed E-state index contributed by atoms with van der Waals surface area (Å²) < 4.78 is 26.9. The normalized spacial score (nSPS) is 19.1. The van der Waals surface area contributed by atoms with Crippen LogP contribution in [-0.2, 0) is 21.4 Å². The molecule has 2 N–H and O–H groups in total. The largest absolute Gasteiger partial charge is 0.479 e. The first-order valence-electron chi connectivity index (χ1n) is 7.26. The molecule has 1 aliphatic rings. The molecule has 9 heteroatoms. The van der Waals surface area contributed by atoms with E-state index in [1.807, 2.05) is 19.1 Å². The lowest BCUT2D eigenvalue weighted by molar-refractivity contribution is -0.140. The number of nitrogens with one attached hydrogen (secondary N) is 1. The minimum absolute atomic E-state index is 0.0623. The zero-order chi connectivity index (χ0) is 18.4. The number of aryl methyl sites for hydroxylation is 1. The van der Waals surface area contributed by atoms with Crippen molar-refractivity contribution in [3.8, 4) is 0 Å². The highest BCUT2D eigenvalue weighted by Crippen LogP contribution is 2.39. The molecule has 0 aliphatic carbocycles. The molecule has 0 radical (unpaired) electrons. The third-order valence-corrected chi connectivity index (χ3v) is 6.39. The van der Waals surface area contributed by atoms with E-state index in [2.05, 4.69) is 5.32 Å². The molecule has 0 fully saturated rings. The number of nitrogens with zero attached hydrogens (tertiary/aromatic N) is 1. The van der Waals surface area contributed by atoms with Gasteiger partial charge in [-0.15, -0.1) is 0 Å². The maximum absolute atomic E-state index is 13.0. The van der Waals surface area contributed by atoms with Crippen molar-refractivity contribution in [3.05, 3.63) is 57.6 Å². The number of halogens is 2. The molecular weight excluding hydrogens is 387 g/mol. The molecule has 1 aliphatic heterocycles. The highest BCUT2D eigenvalue weighted by molar-refractivity contribution is 7.89. The van der Waals surface area contributed by atoms with Gasteiger partial charge in [0.2, 0.25) is 10.0 Å². The van der Waals surface area contributed by atoms with Gasteiger partial charge in [-0.3, -0.25) is 0 Å². The number of hydrogen-bond acceptors (Lipinski definition) is 4. The van der Waals surface area contributed by atoms with Crippen LogP contribution in [0, 0.1) is 6.92 Å². The highest BCUT2D eigenvalue weighted by atomic mass is 35.5. The molecule has 0 aromatic heterocycles. The van der Waals surface area contributed by atoms with E-state index in [0.29, 0.717) is 5.56 Å². The van der Waals surface area contributed by atoms with Crippen molar-refractivity contribution in [1.82, 2.24) is 4.31 Å². The fraction of sp³-hybridized carbons (Fsp3) is 0.188. The number of fused-ring (bicyclic) bond motifs is 1. The molecule has 2 aromatic rings. The van der Waals surface area contributed by atoms with Gasteiger partial charge in [0.15, 0.2) is 6.17 Å². The minimum Gasteiger partial charge on any atom is -0.479 e. The standard InChI is InChI=1S/C16H14Cl2N2O4S/c1-9-2-4-10(5-3-9)8-20-15(16(21)22)19-13-7-11(17)6-12(18)14(13)25(20,23)24/h2-7,15,19H,8H2,1H3,(H,21,22). The maximum Gasteiger partial charge on any atom is 0.342 e. The van der Waals surface area contributed by atoms with Crippen LogP contribution >= 0.6 is 23.2 Å². The Morgan fingerprint density at radius 1 is 1.24 bits per heavy atom. The smallest absolute Gasteiger partial charge is 0.342 e. The number of anilines is 1. The zero-order valence-corrected chi connectivity index (χ0v) is 15.4. The van der Waals surface area contributed by atoms with Crippen molar-refractivity contribution in [2.75, 3.05) is 5.32 Å². The number of benzene rings is 2. The lowest BCUT2D eigenvalue weighted by atomic mass is 10.1. The van der Waals surface area contributed by atoms with Crippen LogP contribution in [0.5, 0.6) is 0 Å². The van der Waals surface area contributed by atoms with E-state index in [1.54, 1.807) is 12.1 Å². The zero-order valence-electron chi connectivity index (χ0n) is 13.0. The van der Waals surface area contributed by atoms with E-state index >= 15 is 0 Å². The number of carboxylic acid groups (broad SMARTS) is 1. The summed E-state index contributed by atoms with van der Waals surface area (Å²) in [6.07, 6.45) is -1.46. The van der Waals surface area contributed by atoms with Gasteiger partial charge in [-0.2, -0.15) is 4.31 Å². The molecule has 2 aromatic carbocycles. The van der Waals surface area contributed by atoms with Crippen molar-refractivity contribution in [2.24, 2.45) is 0 Å². The average molecular weight is 401 g/mol. The van der Waals surface area contributed by atoms with E-state index < -0.39 is 22.2 Å². The monoisotopic (exact) mass is 400 g/mol. The summed E-state index contributed by atoms with van der Waals surface area (Å²) in [5, 5.41) is 12.3. The highest BCUT2D eigenvalue weighted by Gasteiger charge is 2.43. The van der Waals surface area contributed by atoms with Crippen LogP contribution in [0.1, 0.15) is 11.1 Å². The van der Waals surface area contributed by atoms with E-state index in [0.717, 1.165) is 9.87 Å². The summed E-state index contributed by atoms with van der Waals surface area (Å²) in [6.45, 7) is 1.80. The Balaban J connectivity index is 2.11. The Labute approximate surface area is 155 Å². The molecule has 0 amide bonds. The van der Waals surface area contributed by atoms with Crippen LogP contribution < -0.4 is 5.32 Å². The summed E-state index contributed by atoms with van der Waals surface area (Å²) in [5.41, 5.74) is 1.75. The Bertz CT molecular complexity index is 945. The molecule has 0 saturated carbocycles. The molecule has 132 valence electrons. The summed E-state index contributed by atoms with van der Waals surface area (Å²) in [7, 11) is -4.13. The van der Waals surface area contributed by atoms with E-state index in [9.17, 15) is 18.3 Å². The average Bonchev–Trinajstić information content (AvgIpc) is 2.50. The summed E-state index contributed by atoms with van der Waals surface area (Å²) in [6, 6.07) is 9.82. The molecule has 1 atom stereocenters. The quantitative estimate of drug-likeness (QED) is 0.824. The summed E-state index contributed by atoms with van der Waals surface area (Å²) in [5.74, 6) is -1.32. The Morgan fingerprint density at radius 2 is 1.88 bits per heavy atom. The van der Waals surface area contributed by atoms with Crippen molar-refractivity contribution in [3.63, 3.8) is 0 Å². The fourth-order valence-electron chi connectivity index (χ4n) is 2.64. The van der Waals surface area contributed by atoms with Gasteiger partial charge >= 0.3 is 5.97 Å². The van der Waals surface area contributed by atoms with Crippen molar-refractivity contribution in [1.29, 1.82) is 0 Å². The molecular formula is C16H14Cl2N2O4S. The van der Waals surface area contributed by atoms with E-state index in [1.165, 1.54) is 12.1 Å². The van der Waals surface area contributed by atoms with E-state index in [-0.39, 0.29) is 27.2 Å². The van der Waals surface area contributed by atoms with Gasteiger partial charge in [-0.05, 0) is 24.6 Å². The summed E-state index contributed by atoms with van der Waals surface area (Å²) in [4.78, 5) is 11.5. The minimum atomic E-state index is -4.13. The summed E-state index contributed by atoms with van der Waals surface area (Å²) >= 11 is 12.0.